The van der Waals surface area contributed by atoms with Gasteiger partial charge < -0.3 is 10.4 Å². The van der Waals surface area contributed by atoms with E-state index >= 15 is 0 Å². The molecule has 7 heteroatoms. The summed E-state index contributed by atoms with van der Waals surface area (Å²) in [5.41, 5.74) is -0.439. The summed E-state index contributed by atoms with van der Waals surface area (Å²) >= 11 is 5.88. The van der Waals surface area contributed by atoms with Crippen molar-refractivity contribution in [2.45, 2.75) is 12.3 Å². The number of fused-ring (bicyclic) bond motifs is 1. The predicted octanol–water partition coefficient (Wildman–Crippen LogP) is 5.76. The highest BCUT2D eigenvalue weighted by Crippen LogP contribution is 2.35. The van der Waals surface area contributed by atoms with Gasteiger partial charge in [-0.25, -0.2) is 8.78 Å². The Bertz CT molecular complexity index is 984. The molecule has 144 valence electrons. The van der Waals surface area contributed by atoms with Crippen LogP contribution in [0.2, 0.25) is 5.02 Å². The van der Waals surface area contributed by atoms with Crippen molar-refractivity contribution in [3.8, 4) is 0 Å². The van der Waals surface area contributed by atoms with Crippen LogP contribution in [0.15, 0.2) is 48.5 Å². The first kappa shape index (κ1) is 19.5. The van der Waals surface area contributed by atoms with Crippen molar-refractivity contribution < 1.29 is 24.1 Å². The average Bonchev–Trinajstić information content (AvgIpc) is 2.65. The van der Waals surface area contributed by atoms with E-state index in [1.807, 2.05) is 0 Å². The van der Waals surface area contributed by atoms with Crippen molar-refractivity contribution in [1.82, 2.24) is 0 Å². The van der Waals surface area contributed by atoms with E-state index in [0.717, 1.165) is 12.1 Å². The summed E-state index contributed by atoms with van der Waals surface area (Å²) in [6.07, 6.45) is -0.0286. The van der Waals surface area contributed by atoms with Crippen LogP contribution in [-0.4, -0.2) is 18.3 Å². The lowest BCUT2D eigenvalue weighted by Gasteiger charge is -2.21. The predicted molar refractivity (Wildman–Crippen MR) is 101 cm³/mol. The zero-order valence-corrected chi connectivity index (χ0v) is 14.8. The minimum Gasteiger partial charge on any atom is -0.396 e. The summed E-state index contributed by atoms with van der Waals surface area (Å²) in [5.74, 6) is -4.75. The van der Waals surface area contributed by atoms with Crippen LogP contribution in [0.3, 0.4) is 0 Å². The monoisotopic (exact) mass is 399 g/mol. The normalized spacial score (nSPS) is 11.8. The van der Waals surface area contributed by atoms with E-state index in [4.69, 9.17) is 16.7 Å². The van der Waals surface area contributed by atoms with Gasteiger partial charge >= 0.3 is 0 Å². The van der Waals surface area contributed by atoms with E-state index in [1.165, 1.54) is 24.3 Å². The number of aliphatic hydroxyl groups is 1. The highest BCUT2D eigenvalue weighted by Gasteiger charge is 2.34. The van der Waals surface area contributed by atoms with Gasteiger partial charge in [0.05, 0.1) is 12.2 Å². The van der Waals surface area contributed by atoms with Gasteiger partial charge in [0.2, 0.25) is 0 Å². The third-order valence-electron chi connectivity index (χ3n) is 4.31. The second kappa shape index (κ2) is 7.74. The van der Waals surface area contributed by atoms with E-state index < -0.39 is 24.1 Å². The van der Waals surface area contributed by atoms with Crippen LogP contribution in [0.5, 0.6) is 0 Å². The Balaban J connectivity index is 0.00000280. The molecule has 0 aromatic heterocycles. The van der Waals surface area contributed by atoms with Gasteiger partial charge in [0, 0.05) is 29.6 Å². The fourth-order valence-corrected chi connectivity index (χ4v) is 3.20. The van der Waals surface area contributed by atoms with Crippen molar-refractivity contribution in [1.29, 1.82) is 0 Å². The number of aliphatic hydroxyl groups excluding tert-OH is 1. The Hall–Kier alpha value is -2.31. The molecule has 0 aliphatic heterocycles. The summed E-state index contributed by atoms with van der Waals surface area (Å²) in [7, 11) is 0. The smallest absolute Gasteiger partial charge is 0.290 e. The van der Waals surface area contributed by atoms with E-state index in [1.54, 1.807) is 12.1 Å². The third-order valence-corrected chi connectivity index (χ3v) is 4.67. The molecule has 3 aromatic carbocycles. The van der Waals surface area contributed by atoms with E-state index in [-0.39, 0.29) is 47.1 Å². The fraction of sp³-hybridized carbons (Fsp3) is 0.200. The Morgan fingerprint density at radius 1 is 1.00 bits per heavy atom. The molecule has 2 N–H and O–H groups in total. The zero-order valence-electron chi connectivity index (χ0n) is 14.1. The summed E-state index contributed by atoms with van der Waals surface area (Å²) in [5, 5.41) is 11.7. The molecule has 0 unspecified atom stereocenters. The Labute approximate surface area is 159 Å². The summed E-state index contributed by atoms with van der Waals surface area (Å²) in [6, 6.07) is 10.6. The molecule has 0 radical (unpaired) electrons. The molecular weight excluding hydrogens is 382 g/mol. The van der Waals surface area contributed by atoms with Crippen LogP contribution in [0.4, 0.5) is 23.2 Å². The maximum absolute atomic E-state index is 14.8. The molecule has 0 bridgehead atoms. The molecule has 0 saturated carbocycles. The lowest BCUT2D eigenvalue weighted by molar-refractivity contribution is 0.0121. The van der Waals surface area contributed by atoms with Crippen molar-refractivity contribution in [2.75, 3.05) is 18.5 Å². The van der Waals surface area contributed by atoms with Gasteiger partial charge in [-0.15, -0.1) is 0 Å². The molecule has 3 aromatic rings. The van der Waals surface area contributed by atoms with Crippen molar-refractivity contribution >= 4 is 28.1 Å². The number of halogens is 5. The van der Waals surface area contributed by atoms with Crippen LogP contribution in [0.1, 0.15) is 12.6 Å². The molecule has 0 atom stereocenters. The van der Waals surface area contributed by atoms with Gasteiger partial charge in [-0.2, -0.15) is 8.78 Å². The number of anilines is 1. The lowest BCUT2D eigenvalue weighted by atomic mass is 9.99. The van der Waals surface area contributed by atoms with Crippen LogP contribution >= 0.6 is 11.6 Å². The summed E-state index contributed by atoms with van der Waals surface area (Å²) < 4.78 is 57.9. The maximum atomic E-state index is 14.8. The number of hydrogen-bond acceptors (Lipinski definition) is 2. The molecule has 0 heterocycles. The van der Waals surface area contributed by atoms with E-state index in [9.17, 15) is 17.6 Å². The molecule has 27 heavy (non-hydrogen) atoms. The topological polar surface area (TPSA) is 32.3 Å². The number of benzene rings is 3. The number of alkyl halides is 2. The Morgan fingerprint density at radius 3 is 2.41 bits per heavy atom. The molecule has 0 fully saturated rings. The maximum Gasteiger partial charge on any atom is 0.290 e. The van der Waals surface area contributed by atoms with Crippen LogP contribution in [0, 0.1) is 11.6 Å². The SMILES string of the molecule is OCCc1c(Cl)ccc(NCC(F)(F)c2ccc(F)c3ccccc23)c1F.[HH]. The van der Waals surface area contributed by atoms with Gasteiger partial charge in [0.25, 0.3) is 5.92 Å². The van der Waals surface area contributed by atoms with Crippen LogP contribution < -0.4 is 5.32 Å². The molecule has 0 aliphatic rings. The standard InChI is InChI=1S/C20H16ClF4NO.H2/c21-16-6-8-18(19(23)14(16)9-10-27)26-11-20(24,25)15-5-7-17(22)13-4-2-1-3-12(13)15;/h1-8,26-27H,9-11H2;1H. The zero-order chi connectivity index (χ0) is 19.6. The van der Waals surface area contributed by atoms with E-state index in [2.05, 4.69) is 5.32 Å². The highest BCUT2D eigenvalue weighted by atomic mass is 35.5. The van der Waals surface area contributed by atoms with Crippen molar-refractivity contribution in [3.63, 3.8) is 0 Å². The first-order valence-corrected chi connectivity index (χ1v) is 8.60. The molecule has 0 aliphatic carbocycles. The molecular formula is C20H18ClF4NO. The third kappa shape index (κ3) is 3.87. The molecule has 0 saturated heterocycles. The van der Waals surface area contributed by atoms with Crippen LogP contribution in [-0.2, 0) is 12.3 Å². The van der Waals surface area contributed by atoms with Crippen molar-refractivity contribution in [2.24, 2.45) is 0 Å². The highest BCUT2D eigenvalue weighted by molar-refractivity contribution is 6.31. The van der Waals surface area contributed by atoms with Crippen molar-refractivity contribution in [3.05, 3.63) is 76.3 Å². The molecule has 2 nitrogen and oxygen atoms in total. The second-order valence-electron chi connectivity index (χ2n) is 6.06. The van der Waals surface area contributed by atoms with E-state index in [0.29, 0.717) is 0 Å². The van der Waals surface area contributed by atoms with Gasteiger partial charge in [0.1, 0.15) is 5.82 Å². The van der Waals surface area contributed by atoms with Gasteiger partial charge in [-0.1, -0.05) is 35.9 Å². The lowest BCUT2D eigenvalue weighted by Crippen LogP contribution is -2.25. The largest absolute Gasteiger partial charge is 0.396 e. The summed E-state index contributed by atoms with van der Waals surface area (Å²) in [4.78, 5) is 0. The fourth-order valence-electron chi connectivity index (χ4n) is 2.96. The number of nitrogens with one attached hydrogen (secondary N) is 1. The Kier molecular flexibility index (Phi) is 5.58. The summed E-state index contributed by atoms with van der Waals surface area (Å²) in [6.45, 7) is -1.21. The number of rotatable bonds is 6. The minimum absolute atomic E-state index is 0. The Morgan fingerprint density at radius 2 is 1.70 bits per heavy atom. The molecule has 0 amide bonds. The number of hydrogen-bond donors (Lipinski definition) is 2. The first-order valence-electron chi connectivity index (χ1n) is 8.22. The minimum atomic E-state index is -3.38. The van der Waals surface area contributed by atoms with Gasteiger partial charge in [-0.05, 0) is 36.1 Å². The molecule has 0 spiro atoms. The van der Waals surface area contributed by atoms with Gasteiger partial charge in [-0.3, -0.25) is 0 Å². The van der Waals surface area contributed by atoms with Crippen LogP contribution in [0.25, 0.3) is 10.8 Å². The molecule has 3 rings (SSSR count). The first-order chi connectivity index (χ1) is 12.8. The quantitative estimate of drug-likeness (QED) is 0.517. The van der Waals surface area contributed by atoms with Gasteiger partial charge in [0.15, 0.2) is 5.82 Å². The second-order valence-corrected chi connectivity index (χ2v) is 6.47. The average molecular weight is 400 g/mol.